The number of aliphatic hydroxyl groups is 1. The summed E-state index contributed by atoms with van der Waals surface area (Å²) in [6.07, 6.45) is 2.77. The first kappa shape index (κ1) is 27.1. The van der Waals surface area contributed by atoms with Crippen LogP contribution in [0.25, 0.3) is 0 Å². The Hall–Kier alpha value is -3.49. The van der Waals surface area contributed by atoms with Crippen LogP contribution in [0.5, 0.6) is 0 Å². The van der Waals surface area contributed by atoms with Crippen molar-refractivity contribution in [2.24, 2.45) is 11.8 Å². The third kappa shape index (κ3) is 4.08. The Kier molecular flexibility index (Phi) is 6.89. The van der Waals surface area contributed by atoms with Gasteiger partial charge in [0.05, 0.1) is 30.1 Å². The van der Waals surface area contributed by atoms with Crippen molar-refractivity contribution < 1.29 is 29.3 Å². The van der Waals surface area contributed by atoms with E-state index in [0.717, 1.165) is 22.4 Å². The standard InChI is InChI=1S/C31H36N2O6/c1-5-16-32(25-19(2)10-9-11-20(25)3)28(36)26-31-15-14-30(4,39-31)24(29(37)38)23(31)27(35)33(26)22(18-34)17-21-12-7-6-8-13-21/h5-13,22-24,26,34H,1,14-18H2,2-4H3,(H,37,38)/t22-,23+,24-,26?,30+,31?/m1/s1. The number of nitrogens with zero attached hydrogens (tertiary/aromatic N) is 2. The van der Waals surface area contributed by atoms with Crippen LogP contribution in [-0.2, 0) is 25.5 Å². The van der Waals surface area contributed by atoms with Gasteiger partial charge < -0.3 is 24.7 Å². The predicted octanol–water partition coefficient (Wildman–Crippen LogP) is 3.28. The Morgan fingerprint density at radius 3 is 2.41 bits per heavy atom. The van der Waals surface area contributed by atoms with Crippen molar-refractivity contribution >= 4 is 23.5 Å². The number of fused-ring (bicyclic) bond motifs is 1. The molecular weight excluding hydrogens is 496 g/mol. The molecule has 206 valence electrons. The number of likely N-dealkylation sites (tertiary alicyclic amines) is 1. The third-order valence-corrected chi connectivity index (χ3v) is 8.92. The van der Waals surface area contributed by atoms with Gasteiger partial charge in [0.1, 0.15) is 11.6 Å². The SMILES string of the molecule is C=CCN(C(=O)C1N([C@@H](CO)Cc2ccccc2)C(=O)[C@@H]2[C@H](C(=O)O)[C@]3(C)CCC12O3)c1c(C)cccc1C. The van der Waals surface area contributed by atoms with Crippen LogP contribution in [0.15, 0.2) is 61.2 Å². The van der Waals surface area contributed by atoms with Gasteiger partial charge in [-0.1, -0.05) is 54.6 Å². The third-order valence-electron chi connectivity index (χ3n) is 8.92. The number of amides is 2. The van der Waals surface area contributed by atoms with Crippen LogP contribution in [0.3, 0.4) is 0 Å². The first-order valence-corrected chi connectivity index (χ1v) is 13.5. The minimum atomic E-state index is -1.30. The molecule has 0 aromatic heterocycles. The number of aryl methyl sites for hydroxylation is 2. The second kappa shape index (κ2) is 9.92. The Balaban J connectivity index is 1.66. The van der Waals surface area contributed by atoms with E-state index >= 15 is 0 Å². The molecule has 2 unspecified atom stereocenters. The molecule has 3 heterocycles. The first-order valence-electron chi connectivity index (χ1n) is 13.5. The number of rotatable bonds is 9. The highest BCUT2D eigenvalue weighted by molar-refractivity contribution is 6.05. The molecule has 2 aromatic carbocycles. The highest BCUT2D eigenvalue weighted by Crippen LogP contribution is 2.63. The van der Waals surface area contributed by atoms with E-state index in [9.17, 15) is 24.6 Å². The Labute approximate surface area is 228 Å². The maximum absolute atomic E-state index is 14.8. The summed E-state index contributed by atoms with van der Waals surface area (Å²) >= 11 is 0. The van der Waals surface area contributed by atoms with Gasteiger partial charge in [0.2, 0.25) is 5.91 Å². The number of aliphatic hydroxyl groups excluding tert-OH is 1. The van der Waals surface area contributed by atoms with Crippen molar-refractivity contribution in [1.82, 2.24) is 4.90 Å². The Morgan fingerprint density at radius 1 is 1.15 bits per heavy atom. The van der Waals surface area contributed by atoms with E-state index < -0.39 is 47.0 Å². The fourth-order valence-electron chi connectivity index (χ4n) is 7.35. The maximum Gasteiger partial charge on any atom is 0.310 e. The van der Waals surface area contributed by atoms with Crippen LogP contribution in [0.2, 0.25) is 0 Å². The fourth-order valence-corrected chi connectivity index (χ4v) is 7.35. The Morgan fingerprint density at radius 2 is 1.82 bits per heavy atom. The number of carboxylic acid groups (broad SMARTS) is 1. The largest absolute Gasteiger partial charge is 0.481 e. The average molecular weight is 533 g/mol. The molecule has 0 saturated carbocycles. The van der Waals surface area contributed by atoms with Crippen molar-refractivity contribution in [2.45, 2.75) is 63.3 Å². The number of anilines is 1. The molecule has 0 aliphatic carbocycles. The highest BCUT2D eigenvalue weighted by Gasteiger charge is 2.79. The zero-order chi connectivity index (χ0) is 28.1. The van der Waals surface area contributed by atoms with Crippen LogP contribution in [-0.4, -0.2) is 69.3 Å². The molecular formula is C31H36N2O6. The molecule has 8 nitrogen and oxygen atoms in total. The number of benzene rings is 2. The summed E-state index contributed by atoms with van der Waals surface area (Å²) in [6, 6.07) is 13.4. The summed E-state index contributed by atoms with van der Waals surface area (Å²) in [6.45, 7) is 9.28. The molecule has 8 heteroatoms. The van der Waals surface area contributed by atoms with Gasteiger partial charge in [-0.2, -0.15) is 0 Å². The molecule has 2 aromatic rings. The number of carboxylic acids is 1. The minimum Gasteiger partial charge on any atom is -0.481 e. The van der Waals surface area contributed by atoms with E-state index in [1.165, 1.54) is 4.90 Å². The summed E-state index contributed by atoms with van der Waals surface area (Å²) in [5.41, 5.74) is 1.07. The number of hydrogen-bond acceptors (Lipinski definition) is 5. The van der Waals surface area contributed by atoms with Gasteiger partial charge in [0.15, 0.2) is 0 Å². The van der Waals surface area contributed by atoms with Crippen molar-refractivity contribution in [2.75, 3.05) is 18.1 Å². The number of carbonyl (C=O) groups is 3. The molecule has 2 bridgehead atoms. The van der Waals surface area contributed by atoms with E-state index in [1.807, 2.05) is 62.4 Å². The molecule has 2 N–H and O–H groups in total. The summed E-state index contributed by atoms with van der Waals surface area (Å²) in [4.78, 5) is 44.6. The second-order valence-corrected chi connectivity index (χ2v) is 11.3. The fraction of sp³-hybridized carbons (Fsp3) is 0.452. The molecule has 2 amide bonds. The summed E-state index contributed by atoms with van der Waals surface area (Å²) in [5, 5.41) is 20.8. The van der Waals surface area contributed by atoms with Gasteiger partial charge in [0, 0.05) is 12.2 Å². The smallest absolute Gasteiger partial charge is 0.310 e. The van der Waals surface area contributed by atoms with E-state index in [1.54, 1.807) is 17.9 Å². The van der Waals surface area contributed by atoms with E-state index in [0.29, 0.717) is 19.3 Å². The molecule has 1 spiro atoms. The summed E-state index contributed by atoms with van der Waals surface area (Å²) in [5.74, 6) is -4.00. The number of aliphatic carboxylic acids is 1. The van der Waals surface area contributed by atoms with Gasteiger partial charge in [-0.25, -0.2) is 0 Å². The number of carbonyl (C=O) groups excluding carboxylic acids is 2. The van der Waals surface area contributed by atoms with Gasteiger partial charge in [0.25, 0.3) is 5.91 Å². The van der Waals surface area contributed by atoms with E-state index in [4.69, 9.17) is 4.74 Å². The quantitative estimate of drug-likeness (QED) is 0.480. The zero-order valence-corrected chi connectivity index (χ0v) is 22.7. The van der Waals surface area contributed by atoms with Crippen LogP contribution in [0.1, 0.15) is 36.5 Å². The van der Waals surface area contributed by atoms with Gasteiger partial charge in [-0.15, -0.1) is 6.58 Å². The number of ether oxygens (including phenoxy) is 1. The van der Waals surface area contributed by atoms with Crippen LogP contribution >= 0.6 is 0 Å². The minimum absolute atomic E-state index is 0.200. The topological polar surface area (TPSA) is 107 Å². The van der Waals surface area contributed by atoms with Crippen LogP contribution < -0.4 is 4.90 Å². The normalized spacial score (nSPS) is 29.8. The maximum atomic E-state index is 14.8. The van der Waals surface area contributed by atoms with E-state index in [-0.39, 0.29) is 19.1 Å². The molecule has 3 saturated heterocycles. The van der Waals surface area contributed by atoms with Gasteiger partial charge in [-0.3, -0.25) is 14.4 Å². The Bertz CT molecular complexity index is 1290. The van der Waals surface area contributed by atoms with Gasteiger partial charge >= 0.3 is 5.97 Å². The lowest BCUT2D eigenvalue weighted by molar-refractivity contribution is -0.155. The van der Waals surface area contributed by atoms with Crippen LogP contribution in [0, 0.1) is 25.7 Å². The predicted molar refractivity (Wildman–Crippen MR) is 146 cm³/mol. The lowest BCUT2D eigenvalue weighted by atomic mass is 9.66. The molecule has 3 fully saturated rings. The lowest BCUT2D eigenvalue weighted by Crippen LogP contribution is -2.59. The summed E-state index contributed by atoms with van der Waals surface area (Å²) < 4.78 is 6.55. The lowest BCUT2D eigenvalue weighted by Gasteiger charge is -2.40. The monoisotopic (exact) mass is 532 g/mol. The average Bonchev–Trinajstić information content (AvgIpc) is 3.47. The van der Waals surface area contributed by atoms with E-state index in [2.05, 4.69) is 6.58 Å². The van der Waals surface area contributed by atoms with Crippen molar-refractivity contribution in [3.8, 4) is 0 Å². The zero-order valence-electron chi connectivity index (χ0n) is 22.7. The number of para-hydroxylation sites is 1. The molecule has 3 aliphatic rings. The molecule has 6 atom stereocenters. The number of hydrogen-bond donors (Lipinski definition) is 2. The highest BCUT2D eigenvalue weighted by atomic mass is 16.5. The first-order chi connectivity index (χ1) is 18.6. The molecule has 3 aliphatic heterocycles. The van der Waals surface area contributed by atoms with Crippen LogP contribution in [0.4, 0.5) is 5.69 Å². The molecule has 0 radical (unpaired) electrons. The molecule has 39 heavy (non-hydrogen) atoms. The van der Waals surface area contributed by atoms with Crippen molar-refractivity contribution in [1.29, 1.82) is 0 Å². The summed E-state index contributed by atoms with van der Waals surface area (Å²) in [7, 11) is 0. The molecule has 5 rings (SSSR count). The van der Waals surface area contributed by atoms with Crippen molar-refractivity contribution in [3.63, 3.8) is 0 Å². The second-order valence-electron chi connectivity index (χ2n) is 11.3. The van der Waals surface area contributed by atoms with Gasteiger partial charge in [-0.05, 0) is 56.7 Å². The van der Waals surface area contributed by atoms with Crippen molar-refractivity contribution in [3.05, 3.63) is 77.9 Å².